The van der Waals surface area contributed by atoms with Gasteiger partial charge in [0.15, 0.2) is 0 Å². The van der Waals surface area contributed by atoms with Crippen LogP contribution in [-0.2, 0) is 33.4 Å². The lowest BCUT2D eigenvalue weighted by atomic mass is 9.49. The fourth-order valence-electron chi connectivity index (χ4n) is 4.20. The fraction of sp³-hybridized carbons (Fsp3) is 0.273. The molecule has 7 nitrogen and oxygen atoms in total. The molecule has 0 N–H and O–H groups in total. The summed E-state index contributed by atoms with van der Waals surface area (Å²) in [5.41, 5.74) is 0.496. The first-order chi connectivity index (χ1) is 16.7. The molecule has 0 aromatic heterocycles. The van der Waals surface area contributed by atoms with Gasteiger partial charge < -0.3 is 14.5 Å². The highest BCUT2D eigenvalue weighted by molar-refractivity contribution is 6.54. The van der Waals surface area contributed by atoms with E-state index in [1.807, 2.05) is 0 Å². The van der Waals surface area contributed by atoms with E-state index in [9.17, 15) is 28.0 Å². The van der Waals surface area contributed by atoms with Gasteiger partial charge in [-0.05, 0) is 41.0 Å². The van der Waals surface area contributed by atoms with Crippen molar-refractivity contribution in [2.75, 3.05) is 0 Å². The van der Waals surface area contributed by atoms with Gasteiger partial charge in [0.1, 0.15) is 6.04 Å². The van der Waals surface area contributed by atoms with Crippen LogP contribution in [0.15, 0.2) is 42.5 Å². The minimum absolute atomic E-state index is 0.0595. The summed E-state index contributed by atoms with van der Waals surface area (Å²) in [7, 11) is 22.7. The van der Waals surface area contributed by atoms with Gasteiger partial charge in [-0.1, -0.05) is 35.9 Å². The van der Waals surface area contributed by atoms with E-state index in [1.54, 1.807) is 0 Å². The van der Waals surface area contributed by atoms with E-state index in [2.05, 4.69) is 0 Å². The van der Waals surface area contributed by atoms with Gasteiger partial charge in [0.2, 0.25) is 27.8 Å². The second-order valence-corrected chi connectivity index (χ2v) is 9.15. The Balaban J connectivity index is 1.51. The number of nitrogens with zero attached hydrogens (tertiary/aromatic N) is 3. The van der Waals surface area contributed by atoms with Gasteiger partial charge in [-0.15, -0.1) is 0 Å². The molecule has 2 aliphatic heterocycles. The van der Waals surface area contributed by atoms with Gasteiger partial charge in [-0.2, -0.15) is 8.78 Å². The first-order valence-corrected chi connectivity index (χ1v) is 11.0. The van der Waals surface area contributed by atoms with E-state index in [0.717, 1.165) is 12.1 Å². The van der Waals surface area contributed by atoms with Crippen LogP contribution in [0.1, 0.15) is 33.5 Å². The average Bonchev–Trinajstić information content (AvgIpc) is 3.15. The minimum atomic E-state index is -3.90. The van der Waals surface area contributed by atoms with Gasteiger partial charge in [-0.25, -0.2) is 0 Å². The molecular weight excluding hydrogens is 487 g/mol. The summed E-state index contributed by atoms with van der Waals surface area (Å²) in [5.74, 6) is -7.87. The zero-order valence-electron chi connectivity index (χ0n) is 18.7. The Morgan fingerprint density at radius 3 is 2.42 bits per heavy atom. The van der Waals surface area contributed by atoms with Crippen LogP contribution < -0.4 is 0 Å². The van der Waals surface area contributed by atoms with Crippen molar-refractivity contribution in [2.24, 2.45) is 0 Å². The number of hydrogen-bond donors (Lipinski definition) is 0. The minimum Gasteiger partial charge on any atom is -0.387 e. The van der Waals surface area contributed by atoms with E-state index in [0.29, 0.717) is 20.7 Å². The molecule has 1 atom stereocenters. The van der Waals surface area contributed by atoms with Crippen LogP contribution in [-0.4, -0.2) is 75.8 Å². The number of halogens is 3. The van der Waals surface area contributed by atoms with Crippen molar-refractivity contribution in [3.8, 4) is 0 Å². The summed E-state index contributed by atoms with van der Waals surface area (Å²) in [6.07, 6.45) is -0.337. The third kappa shape index (κ3) is 4.45. The lowest BCUT2D eigenvalue weighted by Crippen LogP contribution is -2.59. The molecule has 14 heteroatoms. The van der Waals surface area contributed by atoms with Crippen molar-refractivity contribution in [3.63, 3.8) is 0 Å². The number of rotatable bonds is 5. The molecule has 2 aromatic carbocycles. The predicted molar refractivity (Wildman–Crippen MR) is 128 cm³/mol. The lowest BCUT2D eigenvalue weighted by Gasteiger charge is -2.42. The van der Waals surface area contributed by atoms with Gasteiger partial charge in [0.05, 0.1) is 15.7 Å². The molecule has 4 amide bonds. The third-order valence-electron chi connectivity index (χ3n) is 6.14. The van der Waals surface area contributed by atoms with E-state index < -0.39 is 46.4 Å². The normalized spacial score (nSPS) is 19.4. The van der Waals surface area contributed by atoms with E-state index in [1.165, 1.54) is 35.2 Å². The van der Waals surface area contributed by atoms with Crippen LogP contribution in [0, 0.1) is 0 Å². The maximum absolute atomic E-state index is 14.7. The Labute approximate surface area is 215 Å². The molecule has 0 bridgehead atoms. The zero-order valence-corrected chi connectivity index (χ0v) is 19.4. The van der Waals surface area contributed by atoms with Crippen molar-refractivity contribution in [3.05, 3.63) is 69.7 Å². The van der Waals surface area contributed by atoms with Crippen molar-refractivity contribution >= 4 is 66.9 Å². The second kappa shape index (κ2) is 9.10. The predicted octanol–water partition coefficient (Wildman–Crippen LogP) is 1.16. The standard InChI is InChI=1S/C22H14B4ClF2N3O4/c23-21(24)8-16(18(34)32(26)19(21)35)30-10-12-7-11(1-6-15(12)17(30)33)9-31(25)20(36)22(28,29)13-2-4-14(27)5-3-13/h1-7,16H,8-10H2. The Morgan fingerprint density at radius 1 is 1.14 bits per heavy atom. The van der Waals surface area contributed by atoms with Crippen molar-refractivity contribution in [1.82, 2.24) is 14.5 Å². The molecule has 1 unspecified atom stereocenters. The molecule has 174 valence electrons. The maximum atomic E-state index is 14.7. The summed E-state index contributed by atoms with van der Waals surface area (Å²) in [4.78, 5) is 51.8. The number of carbonyl (C=O) groups excluding carboxylic acids is 4. The molecule has 0 aliphatic carbocycles. The molecule has 2 heterocycles. The summed E-state index contributed by atoms with van der Waals surface area (Å²) in [6, 6.07) is 7.74. The van der Waals surface area contributed by atoms with Crippen molar-refractivity contribution in [2.45, 2.75) is 36.7 Å². The Hall–Kier alpha value is -3.07. The van der Waals surface area contributed by atoms with E-state index in [-0.39, 0.29) is 30.1 Å². The van der Waals surface area contributed by atoms with Gasteiger partial charge >= 0.3 is 5.92 Å². The number of carbonyl (C=O) groups is 4. The first-order valence-electron chi connectivity index (χ1n) is 10.6. The number of imide groups is 1. The number of benzene rings is 2. The molecule has 1 saturated heterocycles. The molecule has 4 rings (SSSR count). The molecule has 2 aromatic rings. The van der Waals surface area contributed by atoms with Gasteiger partial charge in [0, 0.05) is 29.2 Å². The maximum Gasteiger partial charge on any atom is 0.348 e. The smallest absolute Gasteiger partial charge is 0.348 e. The second-order valence-electron chi connectivity index (χ2n) is 8.71. The van der Waals surface area contributed by atoms with Crippen molar-refractivity contribution < 1.29 is 28.0 Å². The van der Waals surface area contributed by atoms with Crippen molar-refractivity contribution in [1.29, 1.82) is 0 Å². The van der Waals surface area contributed by atoms with E-state index >= 15 is 0 Å². The van der Waals surface area contributed by atoms with Crippen LogP contribution in [0.25, 0.3) is 0 Å². The molecule has 0 spiro atoms. The fourth-order valence-corrected chi connectivity index (χ4v) is 4.33. The first kappa shape index (κ1) is 26.0. The highest BCUT2D eigenvalue weighted by atomic mass is 35.5. The summed E-state index contributed by atoms with van der Waals surface area (Å²) in [5, 5.41) is -1.71. The quantitative estimate of drug-likeness (QED) is 0.456. The number of amides is 4. The molecular formula is C22H14B4ClF2N3O4. The third-order valence-corrected chi connectivity index (χ3v) is 6.39. The SMILES string of the molecule is [B]N(Cc1ccc2c(c1)CN(C1CC([B])([B])C(=O)N([B])C1=O)C2=O)C(=O)C(F)(F)c1ccc(Cl)cc1. The van der Waals surface area contributed by atoms with Crippen LogP contribution in [0.2, 0.25) is 10.2 Å². The number of alkyl halides is 2. The Bertz CT molecular complexity index is 1280. The Morgan fingerprint density at radius 2 is 1.78 bits per heavy atom. The molecule has 8 radical (unpaired) electrons. The molecule has 36 heavy (non-hydrogen) atoms. The summed E-state index contributed by atoms with van der Waals surface area (Å²) < 4.78 is 29.3. The average molecular weight is 501 g/mol. The molecule has 0 saturated carbocycles. The van der Waals surface area contributed by atoms with Gasteiger partial charge in [0.25, 0.3) is 11.8 Å². The molecule has 1 fully saturated rings. The highest BCUT2D eigenvalue weighted by Crippen LogP contribution is 2.37. The van der Waals surface area contributed by atoms with E-state index in [4.69, 9.17) is 43.3 Å². The monoisotopic (exact) mass is 501 g/mol. The number of piperidine rings is 1. The largest absolute Gasteiger partial charge is 0.387 e. The lowest BCUT2D eigenvalue weighted by molar-refractivity contribution is -0.154. The number of hydrogen-bond acceptors (Lipinski definition) is 4. The zero-order chi connectivity index (χ0) is 26.6. The summed E-state index contributed by atoms with van der Waals surface area (Å²) >= 11 is 5.72. The van der Waals surface area contributed by atoms with Crippen LogP contribution >= 0.6 is 11.6 Å². The van der Waals surface area contributed by atoms with Gasteiger partial charge in [-0.3, -0.25) is 19.2 Å². The summed E-state index contributed by atoms with van der Waals surface area (Å²) in [6.45, 7) is -0.443. The molecule has 2 aliphatic rings. The Kier molecular flexibility index (Phi) is 6.58. The van der Waals surface area contributed by atoms with Crippen LogP contribution in [0.3, 0.4) is 0 Å². The van der Waals surface area contributed by atoms with Crippen LogP contribution in [0.4, 0.5) is 8.78 Å². The number of fused-ring (bicyclic) bond motifs is 1. The van der Waals surface area contributed by atoms with Crippen LogP contribution in [0.5, 0.6) is 0 Å². The topological polar surface area (TPSA) is 78.0 Å². The highest BCUT2D eigenvalue weighted by Gasteiger charge is 2.48.